The topological polar surface area (TPSA) is 0 Å². The number of benzene rings is 2. The Morgan fingerprint density at radius 1 is 0.462 bits per heavy atom. The molecule has 0 N–H and O–H groups in total. The Kier molecular flexibility index (Phi) is 13.7. The van der Waals surface area contributed by atoms with Crippen molar-refractivity contribution in [1.82, 2.24) is 0 Å². The first-order chi connectivity index (χ1) is 16.4. The van der Waals surface area contributed by atoms with E-state index in [2.05, 4.69) is 156 Å². The molecule has 0 saturated carbocycles. The summed E-state index contributed by atoms with van der Waals surface area (Å²) in [4.78, 5) is 0. The third kappa shape index (κ3) is 9.66. The van der Waals surface area contributed by atoms with Gasteiger partial charge in [-0.1, -0.05) is 111 Å². The second kappa shape index (κ2) is 14.0. The molecule has 0 saturated heterocycles. The fourth-order valence-electron chi connectivity index (χ4n) is 6.09. The van der Waals surface area contributed by atoms with E-state index >= 15 is 0 Å². The van der Waals surface area contributed by atoms with E-state index in [-0.39, 0.29) is 51.5 Å². The van der Waals surface area contributed by atoms with Crippen LogP contribution in [0.25, 0.3) is 21.5 Å². The maximum absolute atomic E-state index is 2.40. The van der Waals surface area contributed by atoms with Gasteiger partial charge < -0.3 is 9.41 Å². The summed E-state index contributed by atoms with van der Waals surface area (Å²) in [5, 5.41) is 10.0. The zero-order valence-electron chi connectivity index (χ0n) is 26.1. The molecule has 0 unspecified atom stereocenters. The van der Waals surface area contributed by atoms with Crippen molar-refractivity contribution in [3.8, 4) is 0 Å². The summed E-state index contributed by atoms with van der Waals surface area (Å²) in [6.07, 6.45) is 0. The van der Waals surface area contributed by atoms with E-state index in [4.69, 9.17) is 0 Å². The molecule has 0 bridgehead atoms. The molecule has 0 amide bonds. The van der Waals surface area contributed by atoms with Crippen LogP contribution in [-0.2, 0) is 26.2 Å². The fourth-order valence-corrected chi connectivity index (χ4v) is 14.3. The van der Waals surface area contributed by atoms with Crippen molar-refractivity contribution in [2.45, 2.75) is 104 Å². The average Bonchev–Trinajstić information content (AvgIpc) is 3.26. The third-order valence-corrected chi connectivity index (χ3v) is 13.3. The minimum absolute atomic E-state index is 0. The molecule has 5 heteroatoms. The molecule has 0 radical (unpaired) electrons. The van der Waals surface area contributed by atoms with E-state index in [0.717, 1.165) is 0 Å². The Morgan fingerprint density at radius 3 is 0.949 bits per heavy atom. The molecule has 0 aromatic heterocycles. The van der Waals surface area contributed by atoms with Crippen molar-refractivity contribution >= 4 is 48.0 Å². The van der Waals surface area contributed by atoms with Crippen molar-refractivity contribution in [1.29, 1.82) is 0 Å². The van der Waals surface area contributed by atoms with E-state index < -0.39 is 0 Å². The predicted octanol–water partition coefficient (Wildman–Crippen LogP) is 4.53. The average molecular weight is 648 g/mol. The number of hydrogen-bond acceptors (Lipinski definition) is 0. The molecule has 0 atom stereocenters. The van der Waals surface area contributed by atoms with Gasteiger partial charge in [0.1, 0.15) is 0 Å². The molecule has 0 aliphatic heterocycles. The first-order valence-electron chi connectivity index (χ1n) is 13.3. The first kappa shape index (κ1) is 38.3. The van der Waals surface area contributed by atoms with Crippen LogP contribution in [0.1, 0.15) is 83.1 Å². The summed E-state index contributed by atoms with van der Waals surface area (Å²) in [6, 6.07) is 27.0. The van der Waals surface area contributed by atoms with Crippen LogP contribution in [0.15, 0.2) is 72.8 Å². The van der Waals surface area contributed by atoms with Crippen LogP contribution in [0.3, 0.4) is 0 Å². The van der Waals surface area contributed by atoms with E-state index in [1.807, 2.05) is 0 Å². The molecular formula is C34H48F2P2Zr. The summed E-state index contributed by atoms with van der Waals surface area (Å²) in [7, 11) is -0.369. The zero-order chi connectivity index (χ0) is 27.1. The molecule has 4 rings (SSSR count). The quantitative estimate of drug-likeness (QED) is 0.222. The molecular weight excluding hydrogens is 600 g/mol. The minimum atomic E-state index is -0.185. The van der Waals surface area contributed by atoms with Gasteiger partial charge in [0.25, 0.3) is 0 Å². The monoisotopic (exact) mass is 646 g/mol. The Balaban J connectivity index is 0.000000688. The molecule has 0 nitrogen and oxygen atoms in total. The van der Waals surface area contributed by atoms with Crippen LogP contribution < -0.4 is 20.0 Å². The van der Waals surface area contributed by atoms with Gasteiger partial charge in [-0.15, -0.1) is 80.7 Å². The van der Waals surface area contributed by atoms with Gasteiger partial charge in [0.05, 0.1) is 0 Å². The first-order valence-corrected chi connectivity index (χ1v) is 16.0. The second-order valence-corrected chi connectivity index (χ2v) is 21.8. The van der Waals surface area contributed by atoms with E-state index in [1.165, 1.54) is 21.5 Å². The van der Waals surface area contributed by atoms with Gasteiger partial charge in [0.15, 0.2) is 0 Å². The van der Waals surface area contributed by atoms with Crippen molar-refractivity contribution in [3.05, 3.63) is 72.8 Å². The van der Waals surface area contributed by atoms with Gasteiger partial charge in [-0.05, 0) is 20.6 Å². The largest absolute Gasteiger partial charge is 4.00 e. The maximum Gasteiger partial charge on any atom is 4.00 e. The Hall–Kier alpha value is -0.737. The van der Waals surface area contributed by atoms with Crippen LogP contribution in [-0.4, -0.2) is 20.6 Å². The minimum Gasteiger partial charge on any atom is -1.00 e. The van der Waals surface area contributed by atoms with Crippen LogP contribution in [0.5, 0.6) is 0 Å². The zero-order valence-corrected chi connectivity index (χ0v) is 30.3. The summed E-state index contributed by atoms with van der Waals surface area (Å²) >= 11 is 0. The fraction of sp³-hybridized carbons (Fsp3) is 0.471. The van der Waals surface area contributed by atoms with Gasteiger partial charge >= 0.3 is 26.2 Å². The number of rotatable bonds is 2. The Morgan fingerprint density at radius 2 is 0.718 bits per heavy atom. The SMILES string of the molecule is CC(C)(C)P(c1cc2ccccc2[cH-]1)C(C)(C)C.CC(C)(C)P(c1cc2ccccc2[cH-]1)C(C)(C)C.[F-].[F-].[Zr+4]. The Labute approximate surface area is 258 Å². The van der Waals surface area contributed by atoms with Crippen molar-refractivity contribution in [3.63, 3.8) is 0 Å². The summed E-state index contributed by atoms with van der Waals surface area (Å²) in [5.74, 6) is 0. The molecule has 0 aliphatic carbocycles. The Bertz CT molecular complexity index is 1090. The molecule has 39 heavy (non-hydrogen) atoms. The summed E-state index contributed by atoms with van der Waals surface area (Å²) in [6.45, 7) is 28.5. The van der Waals surface area contributed by atoms with Crippen molar-refractivity contribution in [2.75, 3.05) is 0 Å². The second-order valence-electron chi connectivity index (χ2n) is 14.0. The van der Waals surface area contributed by atoms with Crippen LogP contribution >= 0.6 is 15.8 Å². The van der Waals surface area contributed by atoms with Crippen molar-refractivity contribution in [2.24, 2.45) is 0 Å². The van der Waals surface area contributed by atoms with Gasteiger partial charge in [-0.2, -0.15) is 12.1 Å². The smallest absolute Gasteiger partial charge is 1.00 e. The van der Waals surface area contributed by atoms with Gasteiger partial charge in [0, 0.05) is 0 Å². The normalized spacial score (nSPS) is 12.5. The number of halogens is 2. The predicted molar refractivity (Wildman–Crippen MR) is 171 cm³/mol. The van der Waals surface area contributed by atoms with Gasteiger partial charge in [-0.3, -0.25) is 0 Å². The molecule has 4 aromatic carbocycles. The van der Waals surface area contributed by atoms with Crippen LogP contribution in [0.2, 0.25) is 0 Å². The standard InChI is InChI=1S/2C17H24P.2FH.Zr/c2*1-16(2,3)18(17(4,5)6)15-11-13-9-7-8-10-14(13)12-15;;;/h2*7-12H,1-6H3;2*1H;/q2*-1;;;+4/p-2. The number of hydrogen-bond donors (Lipinski definition) is 0. The molecule has 4 aromatic rings. The van der Waals surface area contributed by atoms with Crippen LogP contribution in [0, 0.1) is 0 Å². The summed E-state index contributed by atoms with van der Waals surface area (Å²) in [5.41, 5.74) is 0. The van der Waals surface area contributed by atoms with Gasteiger partial charge in [0.2, 0.25) is 0 Å². The molecule has 0 aliphatic rings. The maximum atomic E-state index is 2.40. The van der Waals surface area contributed by atoms with Gasteiger partial charge in [-0.25, -0.2) is 0 Å². The van der Waals surface area contributed by atoms with Crippen molar-refractivity contribution < 1.29 is 35.6 Å². The van der Waals surface area contributed by atoms with E-state index in [1.54, 1.807) is 10.6 Å². The number of fused-ring (bicyclic) bond motifs is 2. The van der Waals surface area contributed by atoms with E-state index in [9.17, 15) is 0 Å². The van der Waals surface area contributed by atoms with Crippen LogP contribution in [0.4, 0.5) is 0 Å². The molecule has 212 valence electrons. The molecule has 0 heterocycles. The third-order valence-electron chi connectivity index (χ3n) is 6.41. The van der Waals surface area contributed by atoms with E-state index in [0.29, 0.717) is 20.6 Å². The summed E-state index contributed by atoms with van der Waals surface area (Å²) < 4.78 is 0. The molecule has 0 spiro atoms. The molecule has 0 fully saturated rings.